The number of hydrogen-bond acceptors (Lipinski definition) is 3. The van der Waals surface area contributed by atoms with Crippen LogP contribution in [0.25, 0.3) is 0 Å². The van der Waals surface area contributed by atoms with Crippen LogP contribution in [-0.2, 0) is 10.0 Å². The monoisotopic (exact) mass is 256 g/mol. The lowest BCUT2D eigenvalue weighted by molar-refractivity contribution is 0.551. The maximum atomic E-state index is 11.4. The quantitative estimate of drug-likeness (QED) is 0.706. The smallest absolute Gasteiger partial charge is 0.211 e. The third-order valence-corrected chi connectivity index (χ3v) is 3.97. The molecule has 6 heteroatoms. The van der Waals surface area contributed by atoms with Gasteiger partial charge in [0.05, 0.1) is 5.75 Å². The fourth-order valence-electron chi connectivity index (χ4n) is 1.15. The van der Waals surface area contributed by atoms with E-state index in [1.165, 1.54) is 12.8 Å². The van der Waals surface area contributed by atoms with E-state index in [-0.39, 0.29) is 24.2 Å². The molecule has 0 aromatic rings. The largest absolute Gasteiger partial charge is 0.316 e. The van der Waals surface area contributed by atoms with Gasteiger partial charge in [-0.3, -0.25) is 0 Å². The van der Waals surface area contributed by atoms with E-state index in [4.69, 9.17) is 0 Å². The van der Waals surface area contributed by atoms with Crippen molar-refractivity contribution >= 4 is 22.4 Å². The minimum absolute atomic E-state index is 0. The molecule has 1 unspecified atom stereocenters. The first-order valence-corrected chi connectivity index (χ1v) is 6.83. The second-order valence-corrected chi connectivity index (χ2v) is 6.02. The van der Waals surface area contributed by atoms with Crippen molar-refractivity contribution in [3.8, 4) is 0 Å². The third kappa shape index (κ3) is 7.11. The lowest BCUT2D eigenvalue weighted by Gasteiger charge is -2.11. The molecule has 1 aliphatic carbocycles. The van der Waals surface area contributed by atoms with Crippen molar-refractivity contribution in [2.24, 2.45) is 5.92 Å². The predicted octanol–water partition coefficient (Wildman–Crippen LogP) is 0.736. The maximum Gasteiger partial charge on any atom is 0.211 e. The van der Waals surface area contributed by atoms with Crippen LogP contribution in [0.1, 0.15) is 26.2 Å². The molecule has 0 aromatic carbocycles. The van der Waals surface area contributed by atoms with Crippen molar-refractivity contribution in [2.75, 3.05) is 19.3 Å². The highest BCUT2D eigenvalue weighted by molar-refractivity contribution is 7.89. The van der Waals surface area contributed by atoms with Crippen LogP contribution in [0.5, 0.6) is 0 Å². The van der Waals surface area contributed by atoms with E-state index in [2.05, 4.69) is 10.0 Å². The summed E-state index contributed by atoms with van der Waals surface area (Å²) in [7, 11) is -1.21. The van der Waals surface area contributed by atoms with Crippen molar-refractivity contribution in [1.29, 1.82) is 0 Å². The lowest BCUT2D eigenvalue weighted by Crippen LogP contribution is -2.38. The summed E-state index contributed by atoms with van der Waals surface area (Å²) >= 11 is 0. The molecule has 4 nitrogen and oxygen atoms in total. The first-order chi connectivity index (χ1) is 6.53. The highest BCUT2D eigenvalue weighted by atomic mass is 35.5. The number of nitrogens with one attached hydrogen (secondary N) is 2. The van der Waals surface area contributed by atoms with E-state index in [1.54, 1.807) is 0 Å². The van der Waals surface area contributed by atoms with Gasteiger partial charge in [-0.15, -0.1) is 12.4 Å². The van der Waals surface area contributed by atoms with Gasteiger partial charge in [0.2, 0.25) is 10.0 Å². The van der Waals surface area contributed by atoms with Gasteiger partial charge >= 0.3 is 0 Å². The van der Waals surface area contributed by atoms with Crippen LogP contribution in [0.4, 0.5) is 0 Å². The van der Waals surface area contributed by atoms with Crippen molar-refractivity contribution in [1.82, 2.24) is 10.0 Å². The van der Waals surface area contributed by atoms with Gasteiger partial charge in [-0.25, -0.2) is 13.1 Å². The summed E-state index contributed by atoms with van der Waals surface area (Å²) in [5.74, 6) is 0.960. The Morgan fingerprint density at radius 3 is 2.47 bits per heavy atom. The van der Waals surface area contributed by atoms with E-state index >= 15 is 0 Å². The Morgan fingerprint density at radius 1 is 1.40 bits per heavy atom. The Morgan fingerprint density at radius 2 is 2.00 bits per heavy atom. The Labute approximate surface area is 98.7 Å². The van der Waals surface area contributed by atoms with E-state index in [0.29, 0.717) is 12.5 Å². The molecule has 1 saturated carbocycles. The molecular formula is C9H21ClN2O2S. The summed E-state index contributed by atoms with van der Waals surface area (Å²) < 4.78 is 25.5. The molecule has 2 N–H and O–H groups in total. The molecule has 0 radical (unpaired) electrons. The Hall–Kier alpha value is 0.160. The number of halogens is 1. The topological polar surface area (TPSA) is 58.2 Å². The second kappa shape index (κ2) is 6.68. The molecule has 0 spiro atoms. The number of rotatable bonds is 7. The molecule has 0 saturated heterocycles. The van der Waals surface area contributed by atoms with Crippen LogP contribution in [0.3, 0.4) is 0 Å². The van der Waals surface area contributed by atoms with Crippen molar-refractivity contribution in [2.45, 2.75) is 32.2 Å². The Balaban J connectivity index is 0.00000196. The first kappa shape index (κ1) is 15.2. The molecule has 15 heavy (non-hydrogen) atoms. The Kier molecular flexibility index (Phi) is 6.75. The molecule has 1 rings (SSSR count). The third-order valence-electron chi connectivity index (χ3n) is 2.59. The van der Waals surface area contributed by atoms with Gasteiger partial charge in [0.25, 0.3) is 0 Å². The van der Waals surface area contributed by atoms with Gasteiger partial charge in [0.15, 0.2) is 0 Å². The fourth-order valence-corrected chi connectivity index (χ4v) is 2.45. The molecule has 0 heterocycles. The average molecular weight is 257 g/mol. The highest BCUT2D eigenvalue weighted by Crippen LogP contribution is 2.32. The van der Waals surface area contributed by atoms with Gasteiger partial charge in [-0.1, -0.05) is 12.8 Å². The minimum atomic E-state index is -3.03. The van der Waals surface area contributed by atoms with Crippen LogP contribution < -0.4 is 10.0 Å². The SMILES string of the molecule is CNC(C)CNS(=O)(=O)CCC1CC1.Cl. The van der Waals surface area contributed by atoms with Crippen LogP contribution in [0, 0.1) is 5.92 Å². The minimum Gasteiger partial charge on any atom is -0.316 e. The van der Waals surface area contributed by atoms with Gasteiger partial charge in [0, 0.05) is 12.6 Å². The van der Waals surface area contributed by atoms with E-state index in [0.717, 1.165) is 6.42 Å². The number of hydrogen-bond donors (Lipinski definition) is 2. The molecule has 0 aliphatic heterocycles. The van der Waals surface area contributed by atoms with Gasteiger partial charge in [0.1, 0.15) is 0 Å². The fraction of sp³-hybridized carbons (Fsp3) is 1.00. The summed E-state index contributed by atoms with van der Waals surface area (Å²) in [6.07, 6.45) is 3.24. The molecule has 0 aromatic heterocycles. The number of likely N-dealkylation sites (N-methyl/N-ethyl adjacent to an activating group) is 1. The zero-order valence-corrected chi connectivity index (χ0v) is 11.0. The summed E-state index contributed by atoms with van der Waals surface area (Å²) in [4.78, 5) is 0. The number of sulfonamides is 1. The predicted molar refractivity (Wildman–Crippen MR) is 64.9 cm³/mol. The van der Waals surface area contributed by atoms with Gasteiger partial charge in [-0.2, -0.15) is 0 Å². The van der Waals surface area contributed by atoms with Crippen molar-refractivity contribution in [3.63, 3.8) is 0 Å². The molecule has 1 aliphatic rings. The summed E-state index contributed by atoms with van der Waals surface area (Å²) in [6.45, 7) is 2.42. The van der Waals surface area contributed by atoms with Crippen LogP contribution in [-0.4, -0.2) is 33.8 Å². The summed E-state index contributed by atoms with van der Waals surface area (Å²) in [5, 5.41) is 2.99. The first-order valence-electron chi connectivity index (χ1n) is 5.18. The molecular weight excluding hydrogens is 236 g/mol. The lowest BCUT2D eigenvalue weighted by atomic mass is 10.3. The average Bonchev–Trinajstić information content (AvgIpc) is 2.95. The molecule has 1 fully saturated rings. The van der Waals surface area contributed by atoms with Crippen LogP contribution in [0.2, 0.25) is 0 Å². The molecule has 92 valence electrons. The normalized spacial score (nSPS) is 18.3. The highest BCUT2D eigenvalue weighted by Gasteiger charge is 2.23. The van der Waals surface area contributed by atoms with Crippen LogP contribution >= 0.6 is 12.4 Å². The summed E-state index contributed by atoms with van der Waals surface area (Å²) in [6, 6.07) is 0.186. The van der Waals surface area contributed by atoms with Crippen molar-refractivity contribution < 1.29 is 8.42 Å². The maximum absolute atomic E-state index is 11.4. The van der Waals surface area contributed by atoms with E-state index < -0.39 is 10.0 Å². The molecule has 1 atom stereocenters. The van der Waals surface area contributed by atoms with E-state index in [1.807, 2.05) is 14.0 Å². The molecule has 0 bridgehead atoms. The zero-order valence-electron chi connectivity index (χ0n) is 9.32. The second-order valence-electron chi connectivity index (χ2n) is 4.09. The van der Waals surface area contributed by atoms with Gasteiger partial charge in [-0.05, 0) is 26.3 Å². The van der Waals surface area contributed by atoms with E-state index in [9.17, 15) is 8.42 Å². The summed E-state index contributed by atoms with van der Waals surface area (Å²) in [5.41, 5.74) is 0. The molecule has 0 amide bonds. The van der Waals surface area contributed by atoms with Crippen molar-refractivity contribution in [3.05, 3.63) is 0 Å². The van der Waals surface area contributed by atoms with Crippen LogP contribution in [0.15, 0.2) is 0 Å². The van der Waals surface area contributed by atoms with Gasteiger partial charge < -0.3 is 5.32 Å². The standard InChI is InChI=1S/C9H20N2O2S.ClH/c1-8(10-2)7-11-14(12,13)6-5-9-3-4-9;/h8-11H,3-7H2,1-2H3;1H. The zero-order chi connectivity index (χ0) is 10.6. The Bertz CT molecular complexity index is 265.